The summed E-state index contributed by atoms with van der Waals surface area (Å²) in [5.74, 6) is -0.0107. The predicted octanol–water partition coefficient (Wildman–Crippen LogP) is 4.09. The molecule has 0 spiro atoms. The molecule has 0 bridgehead atoms. The third-order valence-electron chi connectivity index (χ3n) is 4.64. The molecule has 2 amide bonds. The topological polar surface area (TPSA) is 75.2 Å². The van der Waals surface area contributed by atoms with Gasteiger partial charge in [0.2, 0.25) is 16.9 Å². The van der Waals surface area contributed by atoms with Crippen molar-refractivity contribution >= 4 is 45.6 Å². The summed E-state index contributed by atoms with van der Waals surface area (Å²) in [5, 5.41) is 13.0. The smallest absolute Gasteiger partial charge is 0.229 e. The maximum absolute atomic E-state index is 12.4. The predicted molar refractivity (Wildman–Crippen MR) is 104 cm³/mol. The van der Waals surface area contributed by atoms with Crippen LogP contribution >= 0.6 is 22.9 Å². The van der Waals surface area contributed by atoms with E-state index in [0.29, 0.717) is 23.1 Å². The Morgan fingerprint density at radius 3 is 2.65 bits per heavy atom. The quantitative estimate of drug-likeness (QED) is 0.803. The Balaban J connectivity index is 1.67. The number of hydrogen-bond donors (Lipinski definition) is 1. The van der Waals surface area contributed by atoms with Crippen molar-refractivity contribution in [3.8, 4) is 0 Å². The first-order chi connectivity index (χ1) is 12.5. The standard InChI is InChI=1S/C18H21ClN4O2S/c1-3-11(4-2)16(25)20-18-22-21-17(26-18)12-9-15(24)23(10-12)14-7-5-13(19)6-8-14/h5-8,11-12H,3-4,9-10H2,1-2H3,(H,20,22,25). The summed E-state index contributed by atoms with van der Waals surface area (Å²) in [7, 11) is 0. The first-order valence-electron chi connectivity index (χ1n) is 8.72. The van der Waals surface area contributed by atoms with Crippen LogP contribution in [0.5, 0.6) is 0 Å². The van der Waals surface area contributed by atoms with Gasteiger partial charge in [0.25, 0.3) is 0 Å². The van der Waals surface area contributed by atoms with E-state index in [0.717, 1.165) is 23.5 Å². The average molecular weight is 393 g/mol. The molecule has 2 aromatic rings. The van der Waals surface area contributed by atoms with Gasteiger partial charge in [-0.1, -0.05) is 36.8 Å². The van der Waals surface area contributed by atoms with Crippen LogP contribution in [0.4, 0.5) is 10.8 Å². The van der Waals surface area contributed by atoms with E-state index in [1.54, 1.807) is 17.0 Å². The van der Waals surface area contributed by atoms with E-state index in [1.165, 1.54) is 11.3 Å². The van der Waals surface area contributed by atoms with Gasteiger partial charge in [-0.05, 0) is 37.1 Å². The number of nitrogens with zero attached hydrogens (tertiary/aromatic N) is 3. The molecule has 1 aromatic carbocycles. The Hall–Kier alpha value is -1.99. The molecule has 0 saturated carbocycles. The number of halogens is 1. The van der Waals surface area contributed by atoms with Gasteiger partial charge in [0.1, 0.15) is 5.01 Å². The highest BCUT2D eigenvalue weighted by molar-refractivity contribution is 7.15. The SMILES string of the molecule is CCC(CC)C(=O)Nc1nnc(C2CC(=O)N(c3ccc(Cl)cc3)C2)s1. The first kappa shape index (κ1) is 18.8. The Labute approximate surface area is 161 Å². The number of nitrogens with one attached hydrogen (secondary N) is 1. The second-order valence-corrected chi connectivity index (χ2v) is 7.78. The second kappa shape index (κ2) is 8.14. The fourth-order valence-corrected chi connectivity index (χ4v) is 4.02. The molecule has 1 aliphatic rings. The number of rotatable bonds is 6. The monoisotopic (exact) mass is 392 g/mol. The number of carbonyl (C=O) groups is 2. The van der Waals surface area contributed by atoms with Gasteiger partial charge in [0.05, 0.1) is 0 Å². The molecule has 1 N–H and O–H groups in total. The lowest BCUT2D eigenvalue weighted by Crippen LogP contribution is -2.24. The number of carbonyl (C=O) groups excluding carboxylic acids is 2. The van der Waals surface area contributed by atoms with Crippen molar-refractivity contribution in [3.63, 3.8) is 0 Å². The second-order valence-electron chi connectivity index (χ2n) is 6.33. The van der Waals surface area contributed by atoms with Crippen molar-refractivity contribution in [1.29, 1.82) is 0 Å². The fourth-order valence-electron chi connectivity index (χ4n) is 3.06. The molecule has 0 radical (unpaired) electrons. The summed E-state index contributed by atoms with van der Waals surface area (Å²) < 4.78 is 0. The Morgan fingerprint density at radius 2 is 2.00 bits per heavy atom. The molecule has 3 rings (SSSR count). The van der Waals surface area contributed by atoms with Crippen molar-refractivity contribution in [3.05, 3.63) is 34.3 Å². The van der Waals surface area contributed by atoms with Gasteiger partial charge < -0.3 is 10.2 Å². The molecule has 1 aromatic heterocycles. The zero-order valence-corrected chi connectivity index (χ0v) is 16.3. The molecular formula is C18H21ClN4O2S. The van der Waals surface area contributed by atoms with Crippen LogP contribution in [0, 0.1) is 5.92 Å². The third kappa shape index (κ3) is 4.04. The minimum absolute atomic E-state index is 0.0178. The van der Waals surface area contributed by atoms with Crippen LogP contribution in [-0.4, -0.2) is 28.6 Å². The molecular weight excluding hydrogens is 372 g/mol. The number of anilines is 2. The molecule has 138 valence electrons. The van der Waals surface area contributed by atoms with Gasteiger partial charge in [-0.25, -0.2) is 0 Å². The van der Waals surface area contributed by atoms with Crippen LogP contribution in [0.3, 0.4) is 0 Å². The number of hydrogen-bond acceptors (Lipinski definition) is 5. The van der Waals surface area contributed by atoms with Crippen LogP contribution < -0.4 is 10.2 Å². The highest BCUT2D eigenvalue weighted by Crippen LogP contribution is 2.34. The average Bonchev–Trinajstić information content (AvgIpc) is 3.23. The molecule has 8 heteroatoms. The summed E-state index contributed by atoms with van der Waals surface area (Å²) in [6, 6.07) is 7.22. The van der Waals surface area contributed by atoms with Crippen molar-refractivity contribution < 1.29 is 9.59 Å². The molecule has 1 aliphatic heterocycles. The van der Waals surface area contributed by atoms with E-state index in [9.17, 15) is 9.59 Å². The van der Waals surface area contributed by atoms with E-state index in [2.05, 4.69) is 15.5 Å². The molecule has 26 heavy (non-hydrogen) atoms. The van der Waals surface area contributed by atoms with Crippen molar-refractivity contribution in [2.75, 3.05) is 16.8 Å². The van der Waals surface area contributed by atoms with Gasteiger partial charge in [0, 0.05) is 35.5 Å². The number of benzene rings is 1. The Bertz CT molecular complexity index is 789. The maximum Gasteiger partial charge on any atom is 0.229 e. The maximum atomic E-state index is 12.4. The molecule has 1 atom stereocenters. The Morgan fingerprint density at radius 1 is 1.31 bits per heavy atom. The number of amides is 2. The first-order valence-corrected chi connectivity index (χ1v) is 9.91. The zero-order chi connectivity index (χ0) is 18.7. The van der Waals surface area contributed by atoms with E-state index >= 15 is 0 Å². The summed E-state index contributed by atoms with van der Waals surface area (Å²) >= 11 is 7.26. The molecule has 1 fully saturated rings. The summed E-state index contributed by atoms with van der Waals surface area (Å²) in [5.41, 5.74) is 0.827. The Kier molecular flexibility index (Phi) is 5.88. The van der Waals surface area contributed by atoms with E-state index in [-0.39, 0.29) is 23.7 Å². The largest absolute Gasteiger partial charge is 0.312 e. The van der Waals surface area contributed by atoms with Crippen LogP contribution in [0.1, 0.15) is 44.0 Å². The van der Waals surface area contributed by atoms with Gasteiger partial charge in [-0.3, -0.25) is 9.59 Å². The van der Waals surface area contributed by atoms with Gasteiger partial charge >= 0.3 is 0 Å². The highest BCUT2D eigenvalue weighted by Gasteiger charge is 2.34. The van der Waals surface area contributed by atoms with E-state index < -0.39 is 0 Å². The van der Waals surface area contributed by atoms with Crippen LogP contribution in [0.25, 0.3) is 0 Å². The molecule has 0 aliphatic carbocycles. The van der Waals surface area contributed by atoms with E-state index in [4.69, 9.17) is 11.6 Å². The van der Waals surface area contributed by atoms with E-state index in [1.807, 2.05) is 26.0 Å². The summed E-state index contributed by atoms with van der Waals surface area (Å²) in [6.07, 6.45) is 1.97. The number of aromatic nitrogens is 2. The molecule has 1 saturated heterocycles. The summed E-state index contributed by atoms with van der Waals surface area (Å²) in [4.78, 5) is 26.3. The summed E-state index contributed by atoms with van der Waals surface area (Å²) in [6.45, 7) is 4.54. The van der Waals surface area contributed by atoms with Crippen molar-refractivity contribution in [2.45, 2.75) is 39.0 Å². The fraction of sp³-hybridized carbons (Fsp3) is 0.444. The molecule has 2 heterocycles. The molecule has 6 nitrogen and oxygen atoms in total. The lowest BCUT2D eigenvalue weighted by molar-refractivity contribution is -0.120. The minimum Gasteiger partial charge on any atom is -0.312 e. The molecule has 1 unspecified atom stereocenters. The lowest BCUT2D eigenvalue weighted by atomic mass is 10.0. The van der Waals surface area contributed by atoms with Crippen molar-refractivity contribution in [2.24, 2.45) is 5.92 Å². The van der Waals surface area contributed by atoms with Crippen molar-refractivity contribution in [1.82, 2.24) is 10.2 Å². The zero-order valence-electron chi connectivity index (χ0n) is 14.7. The normalized spacial score (nSPS) is 17.2. The van der Waals surface area contributed by atoms with Gasteiger partial charge in [-0.2, -0.15) is 0 Å². The highest BCUT2D eigenvalue weighted by atomic mass is 35.5. The minimum atomic E-state index is -0.0250. The van der Waals surface area contributed by atoms with Gasteiger partial charge in [-0.15, -0.1) is 10.2 Å². The third-order valence-corrected chi connectivity index (χ3v) is 5.89. The van der Waals surface area contributed by atoms with Crippen LogP contribution in [0.2, 0.25) is 5.02 Å². The lowest BCUT2D eigenvalue weighted by Gasteiger charge is -2.16. The van der Waals surface area contributed by atoms with Crippen LogP contribution in [-0.2, 0) is 9.59 Å². The van der Waals surface area contributed by atoms with Gasteiger partial charge in [0.15, 0.2) is 0 Å². The van der Waals surface area contributed by atoms with Crippen LogP contribution in [0.15, 0.2) is 24.3 Å².